The van der Waals surface area contributed by atoms with E-state index in [1.807, 2.05) is 18.2 Å². The van der Waals surface area contributed by atoms with E-state index < -0.39 is 0 Å². The largest absolute Gasteiger partial charge is 0.497 e. The molecule has 1 aliphatic rings. The summed E-state index contributed by atoms with van der Waals surface area (Å²) in [5, 5.41) is 9.27. The van der Waals surface area contributed by atoms with Crippen molar-refractivity contribution in [3.8, 4) is 23.4 Å². The van der Waals surface area contributed by atoms with Crippen molar-refractivity contribution in [1.29, 1.82) is 5.26 Å². The third-order valence-corrected chi connectivity index (χ3v) is 6.20. The summed E-state index contributed by atoms with van der Waals surface area (Å²) in [4.78, 5) is 5.39. The average Bonchev–Trinajstić information content (AvgIpc) is 2.74. The first kappa shape index (κ1) is 19.0. The third kappa shape index (κ3) is 3.32. The Hall–Kier alpha value is -3.37. The van der Waals surface area contributed by atoms with Gasteiger partial charge in [0.25, 0.3) is 0 Å². The first-order valence-electron chi connectivity index (χ1n) is 9.16. The lowest BCUT2D eigenvalue weighted by Gasteiger charge is -2.29. The number of aromatic nitrogens is 1. The Bertz CT molecular complexity index is 1120. The number of pyridine rings is 1. The van der Waals surface area contributed by atoms with E-state index in [1.54, 1.807) is 18.9 Å². The number of hydrogen-bond donors (Lipinski definition) is 2. The molecule has 0 fully saturated rings. The zero-order valence-corrected chi connectivity index (χ0v) is 16.9. The predicted octanol–water partition coefficient (Wildman–Crippen LogP) is 4.68. The highest BCUT2D eigenvalue weighted by molar-refractivity contribution is 7.99. The lowest BCUT2D eigenvalue weighted by atomic mass is 9.98. The fourth-order valence-electron chi connectivity index (χ4n) is 3.34. The maximum atomic E-state index is 9.49. The Morgan fingerprint density at radius 3 is 2.62 bits per heavy atom. The van der Waals surface area contributed by atoms with Gasteiger partial charge in [0.1, 0.15) is 28.9 Å². The zero-order chi connectivity index (χ0) is 20.5. The number of nitrogens with zero attached hydrogens (tertiary/aromatic N) is 2. The number of rotatable bonds is 4. The summed E-state index contributed by atoms with van der Waals surface area (Å²) in [6.07, 6.45) is 0.979. The second kappa shape index (κ2) is 7.57. The summed E-state index contributed by atoms with van der Waals surface area (Å²) in [6.45, 7) is 2.12. The van der Waals surface area contributed by atoms with Crippen LogP contribution in [0.25, 0.3) is 0 Å². The second-order valence-corrected chi connectivity index (χ2v) is 7.80. The zero-order valence-electron chi connectivity index (χ0n) is 16.1. The molecule has 0 aliphatic carbocycles. The molecule has 6 nitrogen and oxygen atoms in total. The summed E-state index contributed by atoms with van der Waals surface area (Å²) in [6, 6.07) is 16.1. The van der Waals surface area contributed by atoms with Crippen LogP contribution in [0.5, 0.6) is 17.4 Å². The van der Waals surface area contributed by atoms with Gasteiger partial charge in [-0.15, -0.1) is 11.8 Å². The van der Waals surface area contributed by atoms with Gasteiger partial charge in [-0.3, -0.25) is 0 Å². The van der Waals surface area contributed by atoms with Crippen molar-refractivity contribution in [3.05, 3.63) is 64.7 Å². The second-order valence-electron chi connectivity index (χ2n) is 6.62. The van der Waals surface area contributed by atoms with Crippen LogP contribution in [-0.4, -0.2) is 12.1 Å². The van der Waals surface area contributed by atoms with Crippen LogP contribution in [-0.2, 0) is 6.42 Å². The lowest BCUT2D eigenvalue weighted by molar-refractivity contribution is 0.408. The molecule has 1 atom stereocenters. The molecular weight excluding hydrogens is 384 g/mol. The molecule has 0 saturated heterocycles. The first-order valence-corrected chi connectivity index (χ1v) is 10.0. The van der Waals surface area contributed by atoms with Crippen LogP contribution in [0, 0.1) is 11.3 Å². The van der Waals surface area contributed by atoms with E-state index in [1.165, 1.54) is 5.56 Å². The van der Waals surface area contributed by atoms with Gasteiger partial charge in [0, 0.05) is 10.5 Å². The Morgan fingerprint density at radius 2 is 1.97 bits per heavy atom. The normalized spacial score (nSPS) is 14.3. The van der Waals surface area contributed by atoms with E-state index in [0.717, 1.165) is 16.9 Å². The Kier molecular flexibility index (Phi) is 4.95. The predicted molar refractivity (Wildman–Crippen MR) is 114 cm³/mol. The van der Waals surface area contributed by atoms with Crippen molar-refractivity contribution < 1.29 is 9.47 Å². The van der Waals surface area contributed by atoms with E-state index >= 15 is 0 Å². The average molecular weight is 404 g/mol. The molecule has 146 valence electrons. The molecule has 0 radical (unpaired) electrons. The van der Waals surface area contributed by atoms with Crippen LogP contribution < -0.4 is 20.9 Å². The fourth-order valence-corrected chi connectivity index (χ4v) is 4.56. The standard InChI is InChI=1S/C22H20N4O2S/c1-3-12-4-7-14(8-5-12)29-20-15-10-13(27-2)6-9-17(15)28-22-18(20)19(24)16(11-23)21(25)26-22/h4-10,20H,3H2,1-2H3,(H4,24,25,26). The van der Waals surface area contributed by atoms with Gasteiger partial charge in [-0.2, -0.15) is 10.2 Å². The molecule has 0 amide bonds. The molecule has 3 aromatic rings. The third-order valence-electron chi connectivity index (χ3n) is 4.93. The number of aryl methyl sites for hydroxylation is 1. The number of anilines is 2. The van der Waals surface area contributed by atoms with Gasteiger partial charge in [-0.1, -0.05) is 19.1 Å². The van der Waals surface area contributed by atoms with E-state index in [2.05, 4.69) is 42.2 Å². The van der Waals surface area contributed by atoms with Crippen molar-refractivity contribution in [2.45, 2.75) is 23.5 Å². The monoisotopic (exact) mass is 404 g/mol. The SMILES string of the molecule is CCc1ccc(SC2c3cc(OC)ccc3Oc3nc(N)c(C#N)c(N)c32)cc1. The van der Waals surface area contributed by atoms with E-state index in [4.69, 9.17) is 20.9 Å². The van der Waals surface area contributed by atoms with Crippen LogP contribution in [0.3, 0.4) is 0 Å². The fraction of sp³-hybridized carbons (Fsp3) is 0.182. The molecule has 4 rings (SSSR count). The summed E-state index contributed by atoms with van der Waals surface area (Å²) in [7, 11) is 1.62. The van der Waals surface area contributed by atoms with E-state index in [0.29, 0.717) is 28.6 Å². The van der Waals surface area contributed by atoms with Gasteiger partial charge < -0.3 is 20.9 Å². The number of benzene rings is 2. The van der Waals surface area contributed by atoms with Crippen molar-refractivity contribution >= 4 is 23.3 Å². The van der Waals surface area contributed by atoms with Crippen LogP contribution in [0.15, 0.2) is 47.4 Å². The Morgan fingerprint density at radius 1 is 1.21 bits per heavy atom. The summed E-state index contributed by atoms with van der Waals surface area (Å²) >= 11 is 1.62. The van der Waals surface area contributed by atoms with Crippen LogP contribution in [0.1, 0.15) is 34.4 Å². The molecule has 2 aromatic carbocycles. The van der Waals surface area contributed by atoms with Crippen LogP contribution >= 0.6 is 11.8 Å². The van der Waals surface area contributed by atoms with Crippen molar-refractivity contribution in [1.82, 2.24) is 4.98 Å². The molecule has 1 unspecified atom stereocenters. The van der Waals surface area contributed by atoms with E-state index in [-0.39, 0.29) is 16.6 Å². The van der Waals surface area contributed by atoms with Gasteiger partial charge in [0.2, 0.25) is 5.88 Å². The minimum absolute atomic E-state index is 0.0664. The molecule has 1 aliphatic heterocycles. The lowest BCUT2D eigenvalue weighted by Crippen LogP contribution is -2.15. The molecule has 0 bridgehead atoms. The van der Waals surface area contributed by atoms with Crippen LogP contribution in [0.4, 0.5) is 11.5 Å². The molecule has 1 aromatic heterocycles. The number of fused-ring (bicyclic) bond motifs is 2. The van der Waals surface area contributed by atoms with Crippen molar-refractivity contribution in [2.75, 3.05) is 18.6 Å². The Balaban J connectivity index is 1.88. The Labute approximate surface area is 173 Å². The van der Waals surface area contributed by atoms with Crippen molar-refractivity contribution in [3.63, 3.8) is 0 Å². The number of hydrogen-bond acceptors (Lipinski definition) is 7. The maximum absolute atomic E-state index is 9.49. The molecule has 0 saturated carbocycles. The van der Waals surface area contributed by atoms with Gasteiger partial charge in [-0.05, 0) is 42.3 Å². The smallest absolute Gasteiger partial charge is 0.228 e. The van der Waals surface area contributed by atoms with Gasteiger partial charge in [0.05, 0.1) is 23.6 Å². The minimum Gasteiger partial charge on any atom is -0.497 e. The van der Waals surface area contributed by atoms with Crippen molar-refractivity contribution in [2.24, 2.45) is 0 Å². The number of nitrogen functional groups attached to an aromatic ring is 2. The highest BCUT2D eigenvalue weighted by atomic mass is 32.2. The maximum Gasteiger partial charge on any atom is 0.228 e. The topological polar surface area (TPSA) is 107 Å². The molecule has 7 heteroatoms. The van der Waals surface area contributed by atoms with Gasteiger partial charge in [-0.25, -0.2) is 0 Å². The van der Waals surface area contributed by atoms with E-state index in [9.17, 15) is 5.26 Å². The van der Waals surface area contributed by atoms with Crippen LogP contribution in [0.2, 0.25) is 0 Å². The minimum atomic E-state index is -0.225. The van der Waals surface area contributed by atoms with Gasteiger partial charge >= 0.3 is 0 Å². The number of nitriles is 1. The quantitative estimate of drug-likeness (QED) is 0.650. The summed E-state index contributed by atoms with van der Waals surface area (Å²) in [5.74, 6) is 1.78. The number of methoxy groups -OCH3 is 1. The molecule has 4 N–H and O–H groups in total. The molecular formula is C22H20N4O2S. The van der Waals surface area contributed by atoms with Gasteiger partial charge in [0.15, 0.2) is 0 Å². The molecule has 0 spiro atoms. The number of nitrogens with two attached hydrogens (primary N) is 2. The number of thioether (sulfide) groups is 1. The molecule has 29 heavy (non-hydrogen) atoms. The molecule has 2 heterocycles. The summed E-state index contributed by atoms with van der Waals surface area (Å²) < 4.78 is 11.4. The first-order chi connectivity index (χ1) is 14.0. The highest BCUT2D eigenvalue weighted by Gasteiger charge is 2.34. The summed E-state index contributed by atoms with van der Waals surface area (Å²) in [5.41, 5.74) is 15.6. The highest BCUT2D eigenvalue weighted by Crippen LogP contribution is 2.54. The number of ether oxygens (including phenoxy) is 2.